The van der Waals surface area contributed by atoms with Gasteiger partial charge in [-0.15, -0.1) is 0 Å². The van der Waals surface area contributed by atoms with Crippen molar-refractivity contribution in [3.8, 4) is 0 Å². The second-order valence-corrected chi connectivity index (χ2v) is 8.33. The van der Waals surface area contributed by atoms with Crippen LogP contribution < -0.4 is 0 Å². The lowest BCUT2D eigenvalue weighted by molar-refractivity contribution is 0.242. The summed E-state index contributed by atoms with van der Waals surface area (Å²) in [4.78, 5) is 0. The first kappa shape index (κ1) is 18.3. The molecular weight excluding hydrogens is 264 g/mol. The average Bonchev–Trinajstić information content (AvgIpc) is 2.68. The summed E-state index contributed by atoms with van der Waals surface area (Å²) in [5.41, 5.74) is 0. The van der Waals surface area contributed by atoms with Gasteiger partial charge in [-0.2, -0.15) is 0 Å². The summed E-state index contributed by atoms with van der Waals surface area (Å²) in [7, 11) is 0. The molecule has 0 spiro atoms. The van der Waals surface area contributed by atoms with Gasteiger partial charge in [0.05, 0.1) is 0 Å². The Morgan fingerprint density at radius 1 is 0.227 bits per heavy atom. The van der Waals surface area contributed by atoms with Crippen molar-refractivity contribution in [3.05, 3.63) is 0 Å². The van der Waals surface area contributed by atoms with Crippen molar-refractivity contribution < 1.29 is 0 Å². The fraction of sp³-hybridized carbons (Fsp3) is 1.00. The van der Waals surface area contributed by atoms with E-state index in [2.05, 4.69) is 0 Å². The van der Waals surface area contributed by atoms with Gasteiger partial charge in [0.2, 0.25) is 0 Å². The van der Waals surface area contributed by atoms with Crippen molar-refractivity contribution in [3.63, 3.8) is 0 Å². The number of rotatable bonds is 1. The van der Waals surface area contributed by atoms with Gasteiger partial charge in [0.15, 0.2) is 0 Å². The van der Waals surface area contributed by atoms with Gasteiger partial charge >= 0.3 is 0 Å². The van der Waals surface area contributed by atoms with Crippen molar-refractivity contribution in [2.75, 3.05) is 0 Å². The Balaban J connectivity index is 1.81. The standard InChI is InChI=1S/C22H42/c1-2-4-6-10-14-18-21(17-13-9-5-3-1)22-19-15-11-7-8-12-16-20-22/h21-22H,1-20H2. The summed E-state index contributed by atoms with van der Waals surface area (Å²) in [6, 6.07) is 0. The second-order valence-electron chi connectivity index (χ2n) is 8.33. The summed E-state index contributed by atoms with van der Waals surface area (Å²) in [5.74, 6) is 2.17. The maximum absolute atomic E-state index is 1.56. The summed E-state index contributed by atoms with van der Waals surface area (Å²) < 4.78 is 0. The van der Waals surface area contributed by atoms with Gasteiger partial charge in [-0.25, -0.2) is 0 Å². The first-order chi connectivity index (χ1) is 11.0. The van der Waals surface area contributed by atoms with Crippen LogP contribution >= 0.6 is 0 Å². The molecule has 0 aromatic rings. The quantitative estimate of drug-likeness (QED) is 0.459. The first-order valence-corrected chi connectivity index (χ1v) is 11.0. The Morgan fingerprint density at radius 3 is 0.636 bits per heavy atom. The molecule has 0 heteroatoms. The van der Waals surface area contributed by atoms with E-state index < -0.39 is 0 Å². The van der Waals surface area contributed by atoms with Crippen LogP contribution in [0.3, 0.4) is 0 Å². The van der Waals surface area contributed by atoms with Gasteiger partial charge in [-0.05, 0) is 11.8 Å². The molecule has 2 aliphatic rings. The van der Waals surface area contributed by atoms with Crippen molar-refractivity contribution in [2.45, 2.75) is 128 Å². The van der Waals surface area contributed by atoms with Gasteiger partial charge in [-0.1, -0.05) is 128 Å². The molecular formula is C22H42. The lowest BCUT2D eigenvalue weighted by Crippen LogP contribution is -2.15. The molecule has 0 saturated heterocycles. The second kappa shape index (κ2) is 12.4. The van der Waals surface area contributed by atoms with E-state index in [-0.39, 0.29) is 0 Å². The minimum atomic E-state index is 1.08. The number of hydrogen-bond acceptors (Lipinski definition) is 0. The highest BCUT2D eigenvalue weighted by atomic mass is 14.3. The molecule has 0 aliphatic heterocycles. The highest BCUT2D eigenvalue weighted by Gasteiger charge is 2.21. The smallest absolute Gasteiger partial charge is 0.0386 e. The van der Waals surface area contributed by atoms with Crippen LogP contribution in [-0.2, 0) is 0 Å². The Kier molecular flexibility index (Phi) is 10.4. The SMILES string of the molecule is C1CCCCCCC(C2CCCCCCCC2)CCCCC1. The van der Waals surface area contributed by atoms with E-state index in [0.29, 0.717) is 0 Å². The zero-order valence-corrected chi connectivity index (χ0v) is 15.3. The monoisotopic (exact) mass is 306 g/mol. The van der Waals surface area contributed by atoms with Crippen LogP contribution in [0, 0.1) is 11.8 Å². The lowest BCUT2D eigenvalue weighted by atomic mass is 9.78. The Hall–Kier alpha value is 0. The van der Waals surface area contributed by atoms with Crippen LogP contribution in [0.2, 0.25) is 0 Å². The fourth-order valence-corrected chi connectivity index (χ4v) is 4.98. The molecule has 0 nitrogen and oxygen atoms in total. The molecule has 2 saturated carbocycles. The third-order valence-electron chi connectivity index (χ3n) is 6.47. The van der Waals surface area contributed by atoms with Gasteiger partial charge < -0.3 is 0 Å². The molecule has 0 aromatic heterocycles. The van der Waals surface area contributed by atoms with E-state index in [1.165, 1.54) is 103 Å². The molecule has 0 aromatic carbocycles. The molecule has 22 heavy (non-hydrogen) atoms. The molecule has 0 N–H and O–H groups in total. The third kappa shape index (κ3) is 8.02. The Bertz CT molecular complexity index is 220. The summed E-state index contributed by atoms with van der Waals surface area (Å²) >= 11 is 0. The van der Waals surface area contributed by atoms with Gasteiger partial charge in [0.1, 0.15) is 0 Å². The van der Waals surface area contributed by atoms with Crippen LogP contribution in [0.5, 0.6) is 0 Å². The Labute approximate surface area is 140 Å². The lowest BCUT2D eigenvalue weighted by Gasteiger charge is -2.27. The van der Waals surface area contributed by atoms with Gasteiger partial charge in [0, 0.05) is 0 Å². The van der Waals surface area contributed by atoms with Crippen LogP contribution in [0.4, 0.5) is 0 Å². The maximum atomic E-state index is 1.56. The van der Waals surface area contributed by atoms with Crippen molar-refractivity contribution in [2.24, 2.45) is 11.8 Å². The molecule has 0 unspecified atom stereocenters. The highest BCUT2D eigenvalue weighted by molar-refractivity contribution is 4.73. The molecule has 2 rings (SSSR count). The maximum Gasteiger partial charge on any atom is -0.0386 e. The molecule has 0 bridgehead atoms. The van der Waals surface area contributed by atoms with E-state index in [4.69, 9.17) is 0 Å². The van der Waals surface area contributed by atoms with Crippen LogP contribution in [0.15, 0.2) is 0 Å². The summed E-state index contributed by atoms with van der Waals surface area (Å²) in [5, 5.41) is 0. The minimum Gasteiger partial charge on any atom is -0.0533 e. The summed E-state index contributed by atoms with van der Waals surface area (Å²) in [6.45, 7) is 0. The number of hydrogen-bond donors (Lipinski definition) is 0. The van der Waals surface area contributed by atoms with Gasteiger partial charge in [-0.3, -0.25) is 0 Å². The van der Waals surface area contributed by atoms with Gasteiger partial charge in [0.25, 0.3) is 0 Å². The van der Waals surface area contributed by atoms with E-state index in [0.717, 1.165) is 11.8 Å². The molecule has 130 valence electrons. The fourth-order valence-electron chi connectivity index (χ4n) is 4.98. The van der Waals surface area contributed by atoms with E-state index in [1.807, 2.05) is 0 Å². The zero-order valence-electron chi connectivity index (χ0n) is 15.3. The average molecular weight is 307 g/mol. The van der Waals surface area contributed by atoms with E-state index in [1.54, 1.807) is 25.7 Å². The van der Waals surface area contributed by atoms with Crippen molar-refractivity contribution in [1.82, 2.24) is 0 Å². The Morgan fingerprint density at radius 2 is 0.409 bits per heavy atom. The van der Waals surface area contributed by atoms with E-state index in [9.17, 15) is 0 Å². The van der Waals surface area contributed by atoms with Crippen LogP contribution in [0.1, 0.15) is 128 Å². The molecule has 2 aliphatic carbocycles. The largest absolute Gasteiger partial charge is 0.0533 e. The first-order valence-electron chi connectivity index (χ1n) is 11.0. The predicted octanol–water partition coefficient (Wildman–Crippen LogP) is 8.05. The van der Waals surface area contributed by atoms with Crippen molar-refractivity contribution in [1.29, 1.82) is 0 Å². The predicted molar refractivity (Wildman–Crippen MR) is 99.3 cm³/mol. The van der Waals surface area contributed by atoms with Crippen LogP contribution in [0.25, 0.3) is 0 Å². The molecule has 2 fully saturated rings. The molecule has 0 radical (unpaired) electrons. The summed E-state index contributed by atoms with van der Waals surface area (Å²) in [6.07, 6.45) is 30.5. The molecule has 0 amide bonds. The zero-order chi connectivity index (χ0) is 15.3. The van der Waals surface area contributed by atoms with Crippen LogP contribution in [-0.4, -0.2) is 0 Å². The topological polar surface area (TPSA) is 0 Å². The minimum absolute atomic E-state index is 1.08. The normalized spacial score (nSPS) is 26.7. The third-order valence-corrected chi connectivity index (χ3v) is 6.47. The van der Waals surface area contributed by atoms with Crippen molar-refractivity contribution >= 4 is 0 Å². The molecule has 0 atom stereocenters. The highest BCUT2D eigenvalue weighted by Crippen LogP contribution is 2.34. The molecule has 0 heterocycles. The van der Waals surface area contributed by atoms with E-state index >= 15 is 0 Å².